The van der Waals surface area contributed by atoms with Gasteiger partial charge in [0.15, 0.2) is 29.6 Å². The number of hydrogen-bond acceptors (Lipinski definition) is 7. The van der Waals surface area contributed by atoms with E-state index in [0.29, 0.717) is 23.0 Å². The summed E-state index contributed by atoms with van der Waals surface area (Å²) in [5.41, 5.74) is 0.284. The van der Waals surface area contributed by atoms with E-state index in [1.807, 2.05) is 12.1 Å². The molecule has 0 aromatic heterocycles. The molecule has 1 N–H and O–H groups in total. The number of rotatable bonds is 8. The van der Waals surface area contributed by atoms with Crippen LogP contribution in [0.15, 0.2) is 42.5 Å². The van der Waals surface area contributed by atoms with Gasteiger partial charge >= 0.3 is 5.97 Å². The molecular weight excluding hydrogens is 354 g/mol. The number of para-hydroxylation sites is 2. The van der Waals surface area contributed by atoms with Gasteiger partial charge in [0.1, 0.15) is 6.61 Å². The van der Waals surface area contributed by atoms with Gasteiger partial charge < -0.3 is 29.0 Å². The van der Waals surface area contributed by atoms with Crippen LogP contribution in [0.1, 0.15) is 10.4 Å². The van der Waals surface area contributed by atoms with Crippen LogP contribution >= 0.6 is 0 Å². The summed E-state index contributed by atoms with van der Waals surface area (Å²) in [4.78, 5) is 23.8. The summed E-state index contributed by atoms with van der Waals surface area (Å²) in [6.45, 7) is 0.246. The zero-order valence-electron chi connectivity index (χ0n) is 14.7. The maximum atomic E-state index is 12.0. The largest absolute Gasteiger partial charge is 0.493 e. The molecule has 0 saturated heterocycles. The van der Waals surface area contributed by atoms with Gasteiger partial charge in [-0.15, -0.1) is 0 Å². The number of hydrogen-bond donors (Lipinski definition) is 1. The highest BCUT2D eigenvalue weighted by atomic mass is 16.7. The highest BCUT2D eigenvalue weighted by molar-refractivity contribution is 5.92. The fraction of sp³-hybridized carbons (Fsp3) is 0.263. The quantitative estimate of drug-likeness (QED) is 0.557. The van der Waals surface area contributed by atoms with E-state index >= 15 is 0 Å². The lowest BCUT2D eigenvalue weighted by Gasteiger charge is -2.11. The molecule has 0 fully saturated rings. The molecule has 8 nitrogen and oxygen atoms in total. The molecule has 0 unspecified atom stereocenters. The first-order chi connectivity index (χ1) is 13.2. The summed E-state index contributed by atoms with van der Waals surface area (Å²) in [6.07, 6.45) is 0. The van der Waals surface area contributed by atoms with Crippen LogP contribution in [0.3, 0.4) is 0 Å². The molecule has 0 aliphatic carbocycles. The summed E-state index contributed by atoms with van der Waals surface area (Å²) < 4.78 is 26.1. The summed E-state index contributed by atoms with van der Waals surface area (Å²) in [7, 11) is 1.55. The Balaban J connectivity index is 1.37. The second kappa shape index (κ2) is 8.79. The molecule has 1 aliphatic rings. The number of esters is 1. The van der Waals surface area contributed by atoms with Crippen molar-refractivity contribution in [1.29, 1.82) is 0 Å². The SMILES string of the molecule is COc1ccccc1OCCNC(=O)COC(=O)c1ccc2c(c1)OCO2. The Morgan fingerprint density at radius 3 is 2.67 bits per heavy atom. The van der Waals surface area contributed by atoms with E-state index in [1.54, 1.807) is 31.4 Å². The zero-order chi connectivity index (χ0) is 19.1. The van der Waals surface area contributed by atoms with Crippen LogP contribution in [0.2, 0.25) is 0 Å². The van der Waals surface area contributed by atoms with Gasteiger partial charge in [-0.1, -0.05) is 12.1 Å². The third kappa shape index (κ3) is 4.81. The lowest BCUT2D eigenvalue weighted by Crippen LogP contribution is -2.32. The van der Waals surface area contributed by atoms with E-state index in [9.17, 15) is 9.59 Å². The number of carbonyl (C=O) groups is 2. The van der Waals surface area contributed by atoms with Gasteiger partial charge in [-0.25, -0.2) is 4.79 Å². The molecule has 3 rings (SSSR count). The fourth-order valence-corrected chi connectivity index (χ4v) is 2.38. The number of carbonyl (C=O) groups excluding carboxylic acids is 2. The molecule has 0 spiro atoms. The highest BCUT2D eigenvalue weighted by Gasteiger charge is 2.17. The Hall–Kier alpha value is -3.42. The number of fused-ring (bicyclic) bond motifs is 1. The average molecular weight is 373 g/mol. The van der Waals surface area contributed by atoms with Crippen LogP contribution in [-0.2, 0) is 9.53 Å². The Morgan fingerprint density at radius 1 is 1.07 bits per heavy atom. The molecule has 8 heteroatoms. The smallest absolute Gasteiger partial charge is 0.338 e. The minimum absolute atomic E-state index is 0.118. The highest BCUT2D eigenvalue weighted by Crippen LogP contribution is 2.32. The van der Waals surface area contributed by atoms with E-state index in [0.717, 1.165) is 0 Å². The lowest BCUT2D eigenvalue weighted by atomic mass is 10.2. The third-order valence-electron chi connectivity index (χ3n) is 3.69. The topological polar surface area (TPSA) is 92.3 Å². The molecule has 0 radical (unpaired) electrons. The fourth-order valence-electron chi connectivity index (χ4n) is 2.38. The van der Waals surface area contributed by atoms with Crippen LogP contribution < -0.4 is 24.3 Å². The number of benzene rings is 2. The van der Waals surface area contributed by atoms with Gasteiger partial charge in [0.25, 0.3) is 5.91 Å². The Labute approximate surface area is 155 Å². The van der Waals surface area contributed by atoms with Crippen molar-refractivity contribution in [3.8, 4) is 23.0 Å². The summed E-state index contributed by atoms with van der Waals surface area (Å²) in [5, 5.41) is 2.61. The lowest BCUT2D eigenvalue weighted by molar-refractivity contribution is -0.124. The van der Waals surface area contributed by atoms with Crippen molar-refractivity contribution in [2.45, 2.75) is 0 Å². The second-order valence-corrected chi connectivity index (χ2v) is 5.49. The standard InChI is InChI=1S/C19H19NO7/c1-23-14-4-2-3-5-15(14)24-9-8-20-18(21)11-25-19(22)13-6-7-16-17(10-13)27-12-26-16/h2-7,10H,8-9,11-12H2,1H3,(H,20,21). The molecular formula is C19H19NO7. The van der Waals surface area contributed by atoms with Gasteiger partial charge in [0.2, 0.25) is 6.79 Å². The maximum absolute atomic E-state index is 12.0. The van der Waals surface area contributed by atoms with Gasteiger partial charge in [-0.2, -0.15) is 0 Å². The molecule has 1 aliphatic heterocycles. The molecule has 0 saturated carbocycles. The molecule has 1 amide bonds. The minimum atomic E-state index is -0.617. The van der Waals surface area contributed by atoms with Crippen LogP contribution in [-0.4, -0.2) is 45.5 Å². The molecule has 2 aromatic carbocycles. The molecule has 2 aromatic rings. The van der Waals surface area contributed by atoms with E-state index in [1.165, 1.54) is 6.07 Å². The predicted molar refractivity (Wildman–Crippen MR) is 94.3 cm³/mol. The van der Waals surface area contributed by atoms with Crippen molar-refractivity contribution in [3.63, 3.8) is 0 Å². The van der Waals surface area contributed by atoms with Crippen LogP contribution in [0.25, 0.3) is 0 Å². The summed E-state index contributed by atoms with van der Waals surface area (Å²) >= 11 is 0. The molecule has 27 heavy (non-hydrogen) atoms. The second-order valence-electron chi connectivity index (χ2n) is 5.49. The van der Waals surface area contributed by atoms with Crippen LogP contribution in [0.4, 0.5) is 0 Å². The number of amides is 1. The Kier molecular flexibility index (Phi) is 5.98. The number of methoxy groups -OCH3 is 1. The molecule has 1 heterocycles. The van der Waals surface area contributed by atoms with Crippen molar-refractivity contribution in [3.05, 3.63) is 48.0 Å². The normalized spacial score (nSPS) is 11.6. The maximum Gasteiger partial charge on any atom is 0.338 e. The van der Waals surface area contributed by atoms with Gasteiger partial charge in [0.05, 0.1) is 19.2 Å². The first kappa shape index (κ1) is 18.4. The molecule has 0 bridgehead atoms. The number of ether oxygens (including phenoxy) is 5. The summed E-state index contributed by atoms with van der Waals surface area (Å²) in [6, 6.07) is 11.9. The predicted octanol–water partition coefficient (Wildman–Crippen LogP) is 1.78. The van der Waals surface area contributed by atoms with Crippen LogP contribution in [0.5, 0.6) is 23.0 Å². The van der Waals surface area contributed by atoms with E-state index in [-0.39, 0.29) is 32.1 Å². The number of nitrogens with one attached hydrogen (secondary N) is 1. The molecule has 142 valence electrons. The Morgan fingerprint density at radius 2 is 1.85 bits per heavy atom. The Bertz CT molecular complexity index is 821. The van der Waals surface area contributed by atoms with E-state index < -0.39 is 11.9 Å². The van der Waals surface area contributed by atoms with E-state index in [2.05, 4.69) is 5.32 Å². The summed E-state index contributed by atoms with van der Waals surface area (Å²) in [5.74, 6) is 1.20. The van der Waals surface area contributed by atoms with Crippen molar-refractivity contribution in [1.82, 2.24) is 5.32 Å². The van der Waals surface area contributed by atoms with E-state index in [4.69, 9.17) is 23.7 Å². The van der Waals surface area contributed by atoms with Crippen molar-refractivity contribution in [2.75, 3.05) is 33.7 Å². The van der Waals surface area contributed by atoms with Crippen molar-refractivity contribution >= 4 is 11.9 Å². The first-order valence-corrected chi connectivity index (χ1v) is 8.26. The molecule has 0 atom stereocenters. The van der Waals surface area contributed by atoms with Crippen molar-refractivity contribution < 1.29 is 33.3 Å². The van der Waals surface area contributed by atoms with Gasteiger partial charge in [-0.3, -0.25) is 4.79 Å². The van der Waals surface area contributed by atoms with Crippen LogP contribution in [0, 0.1) is 0 Å². The minimum Gasteiger partial charge on any atom is -0.493 e. The average Bonchev–Trinajstić information content (AvgIpc) is 3.17. The monoisotopic (exact) mass is 373 g/mol. The van der Waals surface area contributed by atoms with Gasteiger partial charge in [-0.05, 0) is 30.3 Å². The van der Waals surface area contributed by atoms with Crippen molar-refractivity contribution in [2.24, 2.45) is 0 Å². The van der Waals surface area contributed by atoms with Gasteiger partial charge in [0, 0.05) is 0 Å². The zero-order valence-corrected chi connectivity index (χ0v) is 14.7. The third-order valence-corrected chi connectivity index (χ3v) is 3.69. The first-order valence-electron chi connectivity index (χ1n) is 8.26.